The average molecular weight is 318 g/mol. The summed E-state index contributed by atoms with van der Waals surface area (Å²) in [4.78, 5) is 22.8. The zero-order chi connectivity index (χ0) is 17.0. The van der Waals surface area contributed by atoms with Gasteiger partial charge in [-0.25, -0.2) is 9.97 Å². The van der Waals surface area contributed by atoms with Crippen molar-refractivity contribution in [3.8, 4) is 0 Å². The Hall–Kier alpha value is -1.65. The van der Waals surface area contributed by atoms with Gasteiger partial charge >= 0.3 is 0 Å². The number of amides is 1. The first-order valence-electron chi connectivity index (χ1n) is 8.74. The Morgan fingerprint density at radius 2 is 1.96 bits per heavy atom. The first-order valence-corrected chi connectivity index (χ1v) is 8.74. The second kappa shape index (κ2) is 7.75. The Kier molecular flexibility index (Phi) is 5.97. The molecular formula is C18H30N4O. The number of aryl methyl sites for hydroxylation is 2. The third-order valence-electron chi connectivity index (χ3n) is 4.62. The molecule has 1 aliphatic rings. The molecule has 128 valence electrons. The fourth-order valence-electron chi connectivity index (χ4n) is 3.40. The van der Waals surface area contributed by atoms with Gasteiger partial charge in [0, 0.05) is 30.9 Å². The summed E-state index contributed by atoms with van der Waals surface area (Å²) in [6.45, 7) is 10.5. The van der Waals surface area contributed by atoms with E-state index < -0.39 is 0 Å². The van der Waals surface area contributed by atoms with E-state index in [1.807, 2.05) is 0 Å². The molecule has 1 atom stereocenters. The number of carbonyl (C=O) groups is 1. The summed E-state index contributed by atoms with van der Waals surface area (Å²) in [6, 6.07) is 0. The summed E-state index contributed by atoms with van der Waals surface area (Å²) >= 11 is 0. The first kappa shape index (κ1) is 17.7. The van der Waals surface area contributed by atoms with Crippen molar-refractivity contribution in [2.45, 2.75) is 59.8 Å². The van der Waals surface area contributed by atoms with Gasteiger partial charge in [-0.3, -0.25) is 4.79 Å². The van der Waals surface area contributed by atoms with Gasteiger partial charge in [-0.1, -0.05) is 13.8 Å². The van der Waals surface area contributed by atoms with Crippen molar-refractivity contribution in [1.29, 1.82) is 0 Å². The van der Waals surface area contributed by atoms with E-state index in [4.69, 9.17) is 15.7 Å². The minimum Gasteiger partial charge on any atom is -0.370 e. The summed E-state index contributed by atoms with van der Waals surface area (Å²) in [5, 5.41) is 0. The van der Waals surface area contributed by atoms with E-state index in [1.54, 1.807) is 0 Å². The van der Waals surface area contributed by atoms with Crippen LogP contribution < -0.4 is 10.6 Å². The van der Waals surface area contributed by atoms with Crippen LogP contribution in [0.2, 0.25) is 0 Å². The van der Waals surface area contributed by atoms with Gasteiger partial charge < -0.3 is 10.6 Å². The molecule has 2 N–H and O–H groups in total. The summed E-state index contributed by atoms with van der Waals surface area (Å²) in [7, 11) is 0. The smallest absolute Gasteiger partial charge is 0.225 e. The topological polar surface area (TPSA) is 72.1 Å². The van der Waals surface area contributed by atoms with E-state index in [0.717, 1.165) is 56.1 Å². The number of nitrogens with zero attached hydrogens (tertiary/aromatic N) is 3. The predicted octanol–water partition coefficient (Wildman–Crippen LogP) is 2.77. The lowest BCUT2D eigenvalue weighted by atomic mass is 9.93. The molecule has 0 saturated carbocycles. The molecule has 2 heterocycles. The molecular weight excluding hydrogens is 288 g/mol. The van der Waals surface area contributed by atoms with Gasteiger partial charge in [0.2, 0.25) is 11.9 Å². The zero-order valence-electron chi connectivity index (χ0n) is 14.9. The number of piperidine rings is 1. The molecule has 1 saturated heterocycles. The first-order chi connectivity index (χ1) is 10.9. The van der Waals surface area contributed by atoms with Crippen LogP contribution in [0.5, 0.6) is 0 Å². The molecule has 5 heteroatoms. The Bertz CT molecular complexity index is 533. The molecule has 1 fully saturated rings. The van der Waals surface area contributed by atoms with Gasteiger partial charge in [0.05, 0.1) is 0 Å². The number of carbonyl (C=O) groups excluding carboxylic acids is 1. The minimum atomic E-state index is -0.205. The average Bonchev–Trinajstić information content (AvgIpc) is 2.48. The third kappa shape index (κ3) is 4.91. The Morgan fingerprint density at radius 1 is 1.30 bits per heavy atom. The number of hydrogen-bond acceptors (Lipinski definition) is 4. The molecule has 23 heavy (non-hydrogen) atoms. The Balaban J connectivity index is 2.10. The van der Waals surface area contributed by atoms with Crippen LogP contribution in [0.1, 0.15) is 56.5 Å². The van der Waals surface area contributed by atoms with Crippen molar-refractivity contribution >= 4 is 11.9 Å². The zero-order valence-corrected chi connectivity index (χ0v) is 14.9. The van der Waals surface area contributed by atoms with Crippen LogP contribution in [0.3, 0.4) is 0 Å². The Labute approximate surface area is 139 Å². The van der Waals surface area contributed by atoms with Crippen LogP contribution in [0.4, 0.5) is 5.95 Å². The maximum absolute atomic E-state index is 11.0. The molecule has 0 unspecified atom stereocenters. The summed E-state index contributed by atoms with van der Waals surface area (Å²) in [5.41, 5.74) is 8.75. The van der Waals surface area contributed by atoms with Gasteiger partial charge in [-0.2, -0.15) is 0 Å². The van der Waals surface area contributed by atoms with Crippen molar-refractivity contribution in [3.63, 3.8) is 0 Å². The summed E-state index contributed by atoms with van der Waals surface area (Å²) in [6.07, 6.45) is 4.66. The number of rotatable bonds is 6. The summed E-state index contributed by atoms with van der Waals surface area (Å²) in [5.74, 6) is 1.75. The fourth-order valence-corrected chi connectivity index (χ4v) is 3.40. The molecule has 2 rings (SSSR count). The van der Waals surface area contributed by atoms with E-state index in [1.165, 1.54) is 5.56 Å². The Morgan fingerprint density at radius 3 is 2.52 bits per heavy atom. The molecule has 1 aromatic rings. The van der Waals surface area contributed by atoms with Crippen LogP contribution >= 0.6 is 0 Å². The lowest BCUT2D eigenvalue weighted by Crippen LogP contribution is -2.37. The molecule has 0 aromatic carbocycles. The fraction of sp³-hybridized carbons (Fsp3) is 0.722. The van der Waals surface area contributed by atoms with Crippen LogP contribution in [0.15, 0.2) is 0 Å². The van der Waals surface area contributed by atoms with Crippen LogP contribution in [0.25, 0.3) is 0 Å². The lowest BCUT2D eigenvalue weighted by molar-refractivity contribution is -0.118. The van der Waals surface area contributed by atoms with Crippen molar-refractivity contribution in [3.05, 3.63) is 17.0 Å². The highest BCUT2D eigenvalue weighted by Gasteiger charge is 2.23. The van der Waals surface area contributed by atoms with E-state index in [0.29, 0.717) is 18.3 Å². The largest absolute Gasteiger partial charge is 0.370 e. The van der Waals surface area contributed by atoms with Crippen molar-refractivity contribution in [2.75, 3.05) is 18.0 Å². The monoisotopic (exact) mass is 318 g/mol. The highest BCUT2D eigenvalue weighted by atomic mass is 16.1. The second-order valence-electron chi connectivity index (χ2n) is 7.23. The molecule has 0 radical (unpaired) electrons. The minimum absolute atomic E-state index is 0.205. The normalized spacial score (nSPS) is 18.5. The van der Waals surface area contributed by atoms with Gasteiger partial charge in [0.25, 0.3) is 0 Å². The highest BCUT2D eigenvalue weighted by Crippen LogP contribution is 2.25. The number of aromatic nitrogens is 2. The molecule has 0 aliphatic carbocycles. The standard InChI is InChI=1S/C18H30N4O/c1-12(2)10-16-13(3)20-18(21-14(16)4)22-9-5-6-15(11-22)7-8-17(19)23/h12,15H,5-11H2,1-4H3,(H2,19,23)/t15-/m0/s1. The molecule has 1 amide bonds. The number of hydrogen-bond donors (Lipinski definition) is 1. The highest BCUT2D eigenvalue weighted by molar-refractivity contribution is 5.73. The van der Waals surface area contributed by atoms with Crippen LogP contribution in [-0.4, -0.2) is 29.0 Å². The van der Waals surface area contributed by atoms with E-state index in [2.05, 4.69) is 32.6 Å². The molecule has 5 nitrogen and oxygen atoms in total. The predicted molar refractivity (Wildman–Crippen MR) is 93.4 cm³/mol. The molecule has 1 aliphatic heterocycles. The van der Waals surface area contributed by atoms with Crippen molar-refractivity contribution in [2.24, 2.45) is 17.6 Å². The lowest BCUT2D eigenvalue weighted by Gasteiger charge is -2.33. The van der Waals surface area contributed by atoms with E-state index >= 15 is 0 Å². The third-order valence-corrected chi connectivity index (χ3v) is 4.62. The van der Waals surface area contributed by atoms with Gasteiger partial charge in [0.15, 0.2) is 0 Å². The number of anilines is 1. The van der Waals surface area contributed by atoms with Gasteiger partial charge in [-0.15, -0.1) is 0 Å². The maximum atomic E-state index is 11.0. The SMILES string of the molecule is Cc1nc(N2CCC[C@@H](CCC(N)=O)C2)nc(C)c1CC(C)C. The number of primary amides is 1. The molecule has 1 aromatic heterocycles. The molecule has 0 bridgehead atoms. The van der Waals surface area contributed by atoms with Gasteiger partial charge in [0.1, 0.15) is 0 Å². The van der Waals surface area contributed by atoms with E-state index in [-0.39, 0.29) is 5.91 Å². The van der Waals surface area contributed by atoms with Gasteiger partial charge in [-0.05, 0) is 56.9 Å². The van der Waals surface area contributed by atoms with Crippen LogP contribution in [0, 0.1) is 25.7 Å². The van der Waals surface area contributed by atoms with Crippen LogP contribution in [-0.2, 0) is 11.2 Å². The summed E-state index contributed by atoms with van der Waals surface area (Å²) < 4.78 is 0. The molecule has 0 spiro atoms. The van der Waals surface area contributed by atoms with Crippen molar-refractivity contribution in [1.82, 2.24) is 9.97 Å². The quantitative estimate of drug-likeness (QED) is 0.875. The van der Waals surface area contributed by atoms with E-state index in [9.17, 15) is 4.79 Å². The number of nitrogens with two attached hydrogens (primary N) is 1. The second-order valence-corrected chi connectivity index (χ2v) is 7.23. The maximum Gasteiger partial charge on any atom is 0.225 e. The van der Waals surface area contributed by atoms with Crippen molar-refractivity contribution < 1.29 is 4.79 Å².